The predicted molar refractivity (Wildman–Crippen MR) is 157 cm³/mol. The fourth-order valence-electron chi connectivity index (χ4n) is 7.38. The van der Waals surface area contributed by atoms with Gasteiger partial charge in [0.15, 0.2) is 0 Å². The number of imide groups is 2. The van der Waals surface area contributed by atoms with Crippen molar-refractivity contribution >= 4 is 40.7 Å². The van der Waals surface area contributed by atoms with E-state index >= 15 is 0 Å². The Kier molecular flexibility index (Phi) is 6.19. The molecule has 2 aromatic rings. The zero-order valence-corrected chi connectivity index (χ0v) is 24.0. The molecule has 3 N–H and O–H groups in total. The minimum Gasteiger partial charge on any atom is -0.495 e. The van der Waals surface area contributed by atoms with Crippen LogP contribution in [0.15, 0.2) is 30.3 Å². The van der Waals surface area contributed by atoms with Gasteiger partial charge in [0.1, 0.15) is 11.8 Å². The van der Waals surface area contributed by atoms with Crippen molar-refractivity contribution < 1.29 is 23.9 Å². The first kappa shape index (κ1) is 26.8. The Morgan fingerprint density at radius 1 is 0.952 bits per heavy atom. The van der Waals surface area contributed by atoms with E-state index < -0.39 is 23.8 Å². The largest absolute Gasteiger partial charge is 0.495 e. The topological polar surface area (TPSA) is 129 Å². The minimum atomic E-state index is -0.948. The second kappa shape index (κ2) is 9.72. The van der Waals surface area contributed by atoms with Crippen molar-refractivity contribution in [2.45, 2.75) is 44.7 Å². The first-order valence-electron chi connectivity index (χ1n) is 14.7. The number of amides is 4. The van der Waals surface area contributed by atoms with Gasteiger partial charge in [-0.15, -0.1) is 0 Å². The lowest BCUT2D eigenvalue weighted by Crippen LogP contribution is -2.70. The molecule has 0 saturated carbocycles. The maximum Gasteiger partial charge on any atom is 0.262 e. The smallest absolute Gasteiger partial charge is 0.262 e. The summed E-state index contributed by atoms with van der Waals surface area (Å²) in [4.78, 5) is 58.4. The average molecular weight is 573 g/mol. The van der Waals surface area contributed by atoms with Crippen molar-refractivity contribution in [3.05, 3.63) is 47.0 Å². The molecule has 5 aliphatic rings. The van der Waals surface area contributed by atoms with Crippen LogP contribution in [-0.2, 0) is 9.59 Å². The summed E-state index contributed by atoms with van der Waals surface area (Å²) in [7, 11) is 1.66. The lowest BCUT2D eigenvalue weighted by Gasteiger charge is -2.60. The van der Waals surface area contributed by atoms with E-state index in [0.29, 0.717) is 28.3 Å². The Balaban J connectivity index is 0.936. The zero-order valence-electron chi connectivity index (χ0n) is 24.0. The van der Waals surface area contributed by atoms with Crippen LogP contribution in [-0.4, -0.2) is 91.9 Å². The highest BCUT2D eigenvalue weighted by Gasteiger charge is 2.50. The summed E-state index contributed by atoms with van der Waals surface area (Å²) >= 11 is 0. The average Bonchev–Trinajstić information content (AvgIpc) is 3.17. The number of anilines is 3. The highest BCUT2D eigenvalue weighted by molar-refractivity contribution is 6.23. The summed E-state index contributed by atoms with van der Waals surface area (Å²) in [5.74, 6) is -1.18. The quantitative estimate of drug-likeness (QED) is 0.407. The third-order valence-corrected chi connectivity index (χ3v) is 9.96. The molecule has 0 radical (unpaired) electrons. The van der Waals surface area contributed by atoms with Gasteiger partial charge in [-0.1, -0.05) is 0 Å². The third-order valence-electron chi connectivity index (χ3n) is 9.96. The number of aryl methyl sites for hydroxylation is 1. The van der Waals surface area contributed by atoms with E-state index in [-0.39, 0.29) is 18.7 Å². The van der Waals surface area contributed by atoms with E-state index in [0.717, 1.165) is 68.4 Å². The Bertz CT molecular complexity index is 1500. The van der Waals surface area contributed by atoms with Crippen LogP contribution in [0.5, 0.6) is 5.75 Å². The molecule has 42 heavy (non-hydrogen) atoms. The first-order chi connectivity index (χ1) is 20.2. The van der Waals surface area contributed by atoms with Gasteiger partial charge < -0.3 is 20.3 Å². The highest BCUT2D eigenvalue weighted by atomic mass is 16.5. The van der Waals surface area contributed by atoms with Gasteiger partial charge in [-0.3, -0.25) is 34.3 Å². The molecule has 4 saturated heterocycles. The number of nitrogens with zero attached hydrogens (tertiary/aromatic N) is 4. The molecule has 11 heteroatoms. The number of carbonyl (C=O) groups is 4. The summed E-state index contributed by atoms with van der Waals surface area (Å²) in [6.45, 7) is 8.14. The lowest BCUT2D eigenvalue weighted by atomic mass is 9.70. The Morgan fingerprint density at radius 2 is 1.67 bits per heavy atom. The van der Waals surface area contributed by atoms with Gasteiger partial charge >= 0.3 is 0 Å². The highest BCUT2D eigenvalue weighted by Crippen LogP contribution is 2.45. The minimum absolute atomic E-state index is 0.109. The van der Waals surface area contributed by atoms with Gasteiger partial charge in [-0.2, -0.15) is 0 Å². The van der Waals surface area contributed by atoms with Gasteiger partial charge in [-0.05, 0) is 61.4 Å². The number of nitrogens with two attached hydrogens (primary N) is 1. The zero-order chi connectivity index (χ0) is 29.3. The monoisotopic (exact) mass is 572 g/mol. The van der Waals surface area contributed by atoms with E-state index in [2.05, 4.69) is 33.0 Å². The third kappa shape index (κ3) is 4.21. The predicted octanol–water partition coefficient (Wildman–Crippen LogP) is 1.78. The van der Waals surface area contributed by atoms with Crippen molar-refractivity contribution in [1.29, 1.82) is 0 Å². The molecule has 1 spiro atoms. The number of benzene rings is 2. The maximum atomic E-state index is 13.2. The van der Waals surface area contributed by atoms with Crippen molar-refractivity contribution in [3.8, 4) is 5.75 Å². The maximum absolute atomic E-state index is 13.2. The number of hydrogen-bond acceptors (Lipinski definition) is 9. The second-order valence-corrected chi connectivity index (χ2v) is 12.5. The molecule has 220 valence electrons. The number of piperidine rings is 2. The molecule has 2 aromatic carbocycles. The molecule has 4 fully saturated rings. The molecular formula is C31H36N6O5. The van der Waals surface area contributed by atoms with Crippen LogP contribution in [0.2, 0.25) is 0 Å². The fraction of sp³-hybridized carbons (Fsp3) is 0.484. The van der Waals surface area contributed by atoms with Gasteiger partial charge in [0.25, 0.3) is 11.8 Å². The van der Waals surface area contributed by atoms with E-state index in [1.54, 1.807) is 19.2 Å². The van der Waals surface area contributed by atoms with Crippen LogP contribution < -0.4 is 25.6 Å². The van der Waals surface area contributed by atoms with Crippen LogP contribution in [0.4, 0.5) is 17.1 Å². The van der Waals surface area contributed by atoms with Crippen LogP contribution >= 0.6 is 0 Å². The standard InChI is InChI=1S/C31H36N6O5/c1-18-11-23(32)26(42-2)13-25(18)34-9-7-31(8-10-34)16-36(17-31)20-14-35(15-20)19-3-4-21-22(12-19)30(41)37(29(21)40)24-5-6-27(38)33-28(24)39/h3-4,11-13,20,24H,5-10,14-17,32H2,1-2H3,(H,33,38,39). The molecule has 7 rings (SSSR count). The molecule has 0 bridgehead atoms. The number of fused-ring (bicyclic) bond motifs is 1. The number of ether oxygens (including phenoxy) is 1. The summed E-state index contributed by atoms with van der Waals surface area (Å²) < 4.78 is 5.45. The number of hydrogen-bond donors (Lipinski definition) is 2. The van der Waals surface area contributed by atoms with Crippen molar-refractivity contribution in [1.82, 2.24) is 15.1 Å². The Labute approximate surface area is 244 Å². The van der Waals surface area contributed by atoms with Crippen LogP contribution in [0.3, 0.4) is 0 Å². The molecule has 1 atom stereocenters. The summed E-state index contributed by atoms with van der Waals surface area (Å²) in [5.41, 5.74) is 11.1. The molecule has 1 unspecified atom stereocenters. The van der Waals surface area contributed by atoms with E-state index in [1.165, 1.54) is 11.3 Å². The molecular weight excluding hydrogens is 536 g/mol. The summed E-state index contributed by atoms with van der Waals surface area (Å²) in [5, 5.41) is 2.24. The van der Waals surface area contributed by atoms with E-state index in [9.17, 15) is 19.2 Å². The van der Waals surface area contributed by atoms with Crippen molar-refractivity contribution in [3.63, 3.8) is 0 Å². The lowest BCUT2D eigenvalue weighted by molar-refractivity contribution is -0.136. The normalized spacial score (nSPS) is 24.0. The van der Waals surface area contributed by atoms with Gasteiger partial charge in [0, 0.05) is 69.2 Å². The van der Waals surface area contributed by atoms with Crippen molar-refractivity contribution in [2.75, 3.05) is 61.9 Å². The number of nitrogen functional groups attached to an aromatic ring is 1. The first-order valence-corrected chi connectivity index (χ1v) is 14.7. The van der Waals surface area contributed by atoms with Crippen LogP contribution in [0.1, 0.15) is 52.0 Å². The number of methoxy groups -OCH3 is 1. The number of likely N-dealkylation sites (tertiary alicyclic amines) is 1. The summed E-state index contributed by atoms with van der Waals surface area (Å²) in [6.07, 6.45) is 2.59. The van der Waals surface area contributed by atoms with E-state index in [1.807, 2.05) is 12.1 Å². The summed E-state index contributed by atoms with van der Waals surface area (Å²) in [6, 6.07) is 8.94. The SMILES string of the molecule is COc1cc(N2CCC3(CC2)CN(C2CN(c4ccc5c(c4)C(=O)N(C4CCC(=O)NC4=O)C5=O)C2)C3)c(C)cc1N. The molecule has 0 aromatic heterocycles. The van der Waals surface area contributed by atoms with Gasteiger partial charge in [0.2, 0.25) is 11.8 Å². The fourth-order valence-corrected chi connectivity index (χ4v) is 7.38. The molecule has 5 aliphatic heterocycles. The number of rotatable bonds is 5. The van der Waals surface area contributed by atoms with Gasteiger partial charge in [0.05, 0.1) is 23.9 Å². The Hall–Kier alpha value is -4.12. The van der Waals surface area contributed by atoms with Crippen molar-refractivity contribution in [2.24, 2.45) is 5.41 Å². The van der Waals surface area contributed by atoms with Crippen LogP contribution in [0.25, 0.3) is 0 Å². The second-order valence-electron chi connectivity index (χ2n) is 12.5. The van der Waals surface area contributed by atoms with E-state index in [4.69, 9.17) is 10.5 Å². The number of nitrogens with one attached hydrogen (secondary N) is 1. The van der Waals surface area contributed by atoms with Crippen LogP contribution in [0, 0.1) is 12.3 Å². The molecule has 5 heterocycles. The molecule has 11 nitrogen and oxygen atoms in total. The van der Waals surface area contributed by atoms with Gasteiger partial charge in [-0.25, -0.2) is 0 Å². The molecule has 4 amide bonds. The Morgan fingerprint density at radius 3 is 2.36 bits per heavy atom. The molecule has 0 aliphatic carbocycles. The number of carbonyl (C=O) groups excluding carboxylic acids is 4.